The summed E-state index contributed by atoms with van der Waals surface area (Å²) in [6.45, 7) is 2.66. The number of aryl methyl sites for hydroxylation is 1. The van der Waals surface area contributed by atoms with Crippen LogP contribution in [0.2, 0.25) is 5.02 Å². The van der Waals surface area contributed by atoms with E-state index in [0.29, 0.717) is 29.0 Å². The average molecular weight is 383 g/mol. The molecule has 1 aromatic heterocycles. The molecule has 2 heterocycles. The number of urea groups is 1. The molecule has 0 radical (unpaired) electrons. The molecule has 1 aliphatic heterocycles. The van der Waals surface area contributed by atoms with Crippen molar-refractivity contribution in [2.75, 3.05) is 11.9 Å². The van der Waals surface area contributed by atoms with Crippen molar-refractivity contribution >= 4 is 23.3 Å². The topological polar surface area (TPSA) is 71.3 Å². The molecule has 3 aromatic rings. The van der Waals surface area contributed by atoms with E-state index in [2.05, 4.69) is 15.5 Å². The molecule has 27 heavy (non-hydrogen) atoms. The normalized spacial score (nSPS) is 16.5. The Morgan fingerprint density at radius 1 is 1.26 bits per heavy atom. The van der Waals surface area contributed by atoms with Crippen LogP contribution in [0.15, 0.2) is 53.1 Å². The number of benzene rings is 2. The third kappa shape index (κ3) is 3.80. The molecule has 7 heteroatoms. The second-order valence-electron chi connectivity index (χ2n) is 6.62. The van der Waals surface area contributed by atoms with Crippen LogP contribution >= 0.6 is 11.6 Å². The number of anilines is 1. The Bertz CT molecular complexity index is 972. The average Bonchev–Trinajstić information content (AvgIpc) is 3.31. The van der Waals surface area contributed by atoms with E-state index in [1.807, 2.05) is 31.2 Å². The summed E-state index contributed by atoms with van der Waals surface area (Å²) in [5.74, 6) is 1.00. The lowest BCUT2D eigenvalue weighted by Crippen LogP contribution is -2.34. The predicted octanol–water partition coefficient (Wildman–Crippen LogP) is 5.07. The molecule has 0 bridgehead atoms. The lowest BCUT2D eigenvalue weighted by atomic mass is 10.1. The summed E-state index contributed by atoms with van der Waals surface area (Å²) in [7, 11) is 0. The van der Waals surface area contributed by atoms with E-state index in [-0.39, 0.29) is 12.1 Å². The zero-order valence-corrected chi connectivity index (χ0v) is 15.6. The molecule has 1 saturated heterocycles. The summed E-state index contributed by atoms with van der Waals surface area (Å²) in [4.78, 5) is 19.0. The van der Waals surface area contributed by atoms with Gasteiger partial charge in [-0.2, -0.15) is 4.98 Å². The number of hydrogen-bond donors (Lipinski definition) is 1. The number of halogens is 1. The van der Waals surface area contributed by atoms with E-state index in [1.54, 1.807) is 29.2 Å². The Labute approximate surface area is 162 Å². The highest BCUT2D eigenvalue weighted by Gasteiger charge is 2.34. The molecule has 1 aliphatic rings. The van der Waals surface area contributed by atoms with Crippen molar-refractivity contribution in [3.05, 3.63) is 65.0 Å². The van der Waals surface area contributed by atoms with Crippen molar-refractivity contribution in [1.29, 1.82) is 0 Å². The van der Waals surface area contributed by atoms with Crippen LogP contribution in [0.25, 0.3) is 11.4 Å². The molecule has 0 spiro atoms. The predicted molar refractivity (Wildman–Crippen MR) is 104 cm³/mol. The molecule has 1 fully saturated rings. The molecule has 1 unspecified atom stereocenters. The lowest BCUT2D eigenvalue weighted by molar-refractivity contribution is 0.193. The van der Waals surface area contributed by atoms with Gasteiger partial charge in [-0.05, 0) is 44.0 Å². The molecule has 1 N–H and O–H groups in total. The largest absolute Gasteiger partial charge is 0.337 e. The fourth-order valence-electron chi connectivity index (χ4n) is 3.30. The first kappa shape index (κ1) is 17.5. The van der Waals surface area contributed by atoms with Crippen LogP contribution < -0.4 is 5.32 Å². The Hall–Kier alpha value is -2.86. The monoisotopic (exact) mass is 382 g/mol. The first-order valence-corrected chi connectivity index (χ1v) is 9.22. The van der Waals surface area contributed by atoms with Crippen LogP contribution in [0.4, 0.5) is 10.5 Å². The molecule has 4 rings (SSSR count). The number of amides is 2. The minimum atomic E-state index is -0.227. The van der Waals surface area contributed by atoms with Crippen molar-refractivity contribution < 1.29 is 9.32 Å². The summed E-state index contributed by atoms with van der Waals surface area (Å²) in [5.41, 5.74) is 2.68. The maximum Gasteiger partial charge on any atom is 0.322 e. The van der Waals surface area contributed by atoms with Gasteiger partial charge in [0.1, 0.15) is 6.04 Å². The first-order chi connectivity index (χ1) is 13.1. The second-order valence-corrected chi connectivity index (χ2v) is 7.05. The highest BCUT2D eigenvalue weighted by molar-refractivity contribution is 6.30. The van der Waals surface area contributed by atoms with Crippen LogP contribution in [0.5, 0.6) is 0 Å². The quantitative estimate of drug-likeness (QED) is 0.686. The van der Waals surface area contributed by atoms with Gasteiger partial charge in [0, 0.05) is 22.8 Å². The Morgan fingerprint density at radius 2 is 2.11 bits per heavy atom. The van der Waals surface area contributed by atoms with Gasteiger partial charge in [0.25, 0.3) is 0 Å². The van der Waals surface area contributed by atoms with Crippen LogP contribution in [-0.2, 0) is 0 Å². The minimum absolute atomic E-state index is 0.199. The fourth-order valence-corrected chi connectivity index (χ4v) is 3.49. The van der Waals surface area contributed by atoms with Gasteiger partial charge < -0.3 is 14.7 Å². The summed E-state index contributed by atoms with van der Waals surface area (Å²) < 4.78 is 5.49. The Morgan fingerprint density at radius 3 is 2.93 bits per heavy atom. The third-order valence-corrected chi connectivity index (χ3v) is 4.83. The molecule has 0 aliphatic carbocycles. The lowest BCUT2D eigenvalue weighted by Gasteiger charge is -2.22. The summed E-state index contributed by atoms with van der Waals surface area (Å²) in [5, 5.41) is 7.56. The van der Waals surface area contributed by atoms with Gasteiger partial charge in [0.15, 0.2) is 0 Å². The molecular weight excluding hydrogens is 364 g/mol. The van der Waals surface area contributed by atoms with Crippen molar-refractivity contribution in [3.63, 3.8) is 0 Å². The van der Waals surface area contributed by atoms with Crippen molar-refractivity contribution in [2.24, 2.45) is 0 Å². The zero-order chi connectivity index (χ0) is 18.8. The number of carbonyl (C=O) groups excluding carboxylic acids is 1. The first-order valence-electron chi connectivity index (χ1n) is 8.84. The Balaban J connectivity index is 1.52. The smallest absolute Gasteiger partial charge is 0.322 e. The van der Waals surface area contributed by atoms with E-state index in [0.717, 1.165) is 24.0 Å². The molecule has 0 saturated carbocycles. The summed E-state index contributed by atoms with van der Waals surface area (Å²) >= 11 is 5.99. The molecule has 2 aromatic carbocycles. The van der Waals surface area contributed by atoms with Crippen LogP contribution in [0.1, 0.15) is 30.3 Å². The highest BCUT2D eigenvalue weighted by Crippen LogP contribution is 2.32. The van der Waals surface area contributed by atoms with Gasteiger partial charge in [0.2, 0.25) is 11.7 Å². The van der Waals surface area contributed by atoms with Gasteiger partial charge in [-0.3, -0.25) is 0 Å². The Kier molecular flexibility index (Phi) is 4.81. The highest BCUT2D eigenvalue weighted by atomic mass is 35.5. The number of nitrogens with zero attached hydrogens (tertiary/aromatic N) is 3. The summed E-state index contributed by atoms with van der Waals surface area (Å²) in [6, 6.07) is 14.6. The van der Waals surface area contributed by atoms with E-state index >= 15 is 0 Å². The second kappa shape index (κ2) is 7.40. The number of hydrogen-bond acceptors (Lipinski definition) is 4. The number of carbonyl (C=O) groups is 1. The van der Waals surface area contributed by atoms with Crippen molar-refractivity contribution in [2.45, 2.75) is 25.8 Å². The van der Waals surface area contributed by atoms with Gasteiger partial charge in [0.05, 0.1) is 0 Å². The number of aromatic nitrogens is 2. The minimum Gasteiger partial charge on any atom is -0.337 e. The van der Waals surface area contributed by atoms with Gasteiger partial charge in [-0.1, -0.05) is 46.6 Å². The standard InChI is InChI=1S/C20H19ClN4O2/c1-13-5-2-6-14(11-13)18-23-19(27-24-18)17-9-4-10-25(17)20(26)22-16-8-3-7-15(21)12-16/h2-3,5-8,11-12,17H,4,9-10H2,1H3,(H,22,26). The van der Waals surface area contributed by atoms with E-state index < -0.39 is 0 Å². The van der Waals surface area contributed by atoms with Crippen LogP contribution in [0.3, 0.4) is 0 Å². The summed E-state index contributed by atoms with van der Waals surface area (Å²) in [6.07, 6.45) is 1.67. The third-order valence-electron chi connectivity index (χ3n) is 4.59. The zero-order valence-electron chi connectivity index (χ0n) is 14.9. The van der Waals surface area contributed by atoms with Crippen molar-refractivity contribution in [1.82, 2.24) is 15.0 Å². The van der Waals surface area contributed by atoms with Gasteiger partial charge in [-0.25, -0.2) is 4.79 Å². The van der Waals surface area contributed by atoms with Crippen LogP contribution in [-0.4, -0.2) is 27.6 Å². The van der Waals surface area contributed by atoms with Crippen molar-refractivity contribution in [3.8, 4) is 11.4 Å². The van der Waals surface area contributed by atoms with E-state index in [1.165, 1.54) is 0 Å². The molecular formula is C20H19ClN4O2. The number of rotatable bonds is 3. The molecule has 1 atom stereocenters. The molecule has 2 amide bonds. The fraction of sp³-hybridized carbons (Fsp3) is 0.250. The number of nitrogens with one attached hydrogen (secondary N) is 1. The van der Waals surface area contributed by atoms with E-state index in [9.17, 15) is 4.79 Å². The number of likely N-dealkylation sites (tertiary alicyclic amines) is 1. The maximum atomic E-state index is 12.7. The maximum absolute atomic E-state index is 12.7. The molecule has 138 valence electrons. The van der Waals surface area contributed by atoms with Gasteiger partial charge in [-0.15, -0.1) is 0 Å². The molecule has 6 nitrogen and oxygen atoms in total. The van der Waals surface area contributed by atoms with Crippen LogP contribution in [0, 0.1) is 6.92 Å². The van der Waals surface area contributed by atoms with Gasteiger partial charge >= 0.3 is 6.03 Å². The van der Waals surface area contributed by atoms with E-state index in [4.69, 9.17) is 16.1 Å². The SMILES string of the molecule is Cc1cccc(-c2noc(C3CCCN3C(=O)Nc3cccc(Cl)c3)n2)c1.